The van der Waals surface area contributed by atoms with Crippen LogP contribution in [0.25, 0.3) is 0 Å². The Balaban J connectivity index is 1.94. The SMILES string of the molecule is Cc1ccc(C(N)C(=O)N(C)CCc2ccncc2)cc1. The minimum absolute atomic E-state index is 0.0621. The fourth-order valence-electron chi connectivity index (χ4n) is 2.11. The molecule has 4 nitrogen and oxygen atoms in total. The summed E-state index contributed by atoms with van der Waals surface area (Å²) in [5, 5.41) is 0. The highest BCUT2D eigenvalue weighted by molar-refractivity contribution is 5.82. The molecular formula is C17H21N3O. The molecule has 2 aromatic rings. The van der Waals surface area contributed by atoms with E-state index in [1.165, 1.54) is 0 Å². The number of carbonyl (C=O) groups excluding carboxylic acids is 1. The smallest absolute Gasteiger partial charge is 0.243 e. The molecule has 1 aromatic carbocycles. The van der Waals surface area contributed by atoms with Crippen LogP contribution in [-0.4, -0.2) is 29.4 Å². The Kier molecular flexibility index (Phi) is 5.06. The van der Waals surface area contributed by atoms with Crippen LogP contribution in [0.3, 0.4) is 0 Å². The predicted molar refractivity (Wildman–Crippen MR) is 83.7 cm³/mol. The van der Waals surface area contributed by atoms with Gasteiger partial charge in [-0.1, -0.05) is 29.8 Å². The summed E-state index contributed by atoms with van der Waals surface area (Å²) in [7, 11) is 1.79. The standard InChI is InChI=1S/C17H21N3O/c1-13-3-5-15(6-4-13)16(18)17(21)20(2)12-9-14-7-10-19-11-8-14/h3-8,10-11,16H,9,12,18H2,1-2H3. The largest absolute Gasteiger partial charge is 0.344 e. The van der Waals surface area contributed by atoms with E-state index < -0.39 is 6.04 Å². The van der Waals surface area contributed by atoms with Gasteiger partial charge in [0, 0.05) is 26.0 Å². The van der Waals surface area contributed by atoms with Gasteiger partial charge in [0.1, 0.15) is 6.04 Å². The van der Waals surface area contributed by atoms with Crippen molar-refractivity contribution >= 4 is 5.91 Å². The van der Waals surface area contributed by atoms with Gasteiger partial charge in [-0.3, -0.25) is 9.78 Å². The lowest BCUT2D eigenvalue weighted by atomic mass is 10.0. The van der Waals surface area contributed by atoms with Gasteiger partial charge in [0.15, 0.2) is 0 Å². The van der Waals surface area contributed by atoms with E-state index in [-0.39, 0.29) is 5.91 Å². The van der Waals surface area contributed by atoms with Crippen molar-refractivity contribution in [2.45, 2.75) is 19.4 Å². The zero-order chi connectivity index (χ0) is 15.2. The summed E-state index contributed by atoms with van der Waals surface area (Å²) in [4.78, 5) is 18.0. The van der Waals surface area contributed by atoms with E-state index in [2.05, 4.69) is 4.98 Å². The number of amides is 1. The molecule has 0 bridgehead atoms. The number of carbonyl (C=O) groups is 1. The summed E-state index contributed by atoms with van der Waals surface area (Å²) in [6.07, 6.45) is 4.32. The van der Waals surface area contributed by atoms with E-state index in [1.807, 2.05) is 43.3 Å². The summed E-state index contributed by atoms with van der Waals surface area (Å²) in [6, 6.07) is 11.1. The van der Waals surface area contributed by atoms with Crippen molar-refractivity contribution in [3.8, 4) is 0 Å². The Hall–Kier alpha value is -2.20. The van der Waals surface area contributed by atoms with Crippen LogP contribution in [0, 0.1) is 6.92 Å². The number of nitrogens with zero attached hydrogens (tertiary/aromatic N) is 2. The van der Waals surface area contributed by atoms with Crippen molar-refractivity contribution in [1.29, 1.82) is 0 Å². The van der Waals surface area contributed by atoms with Gasteiger partial charge in [-0.15, -0.1) is 0 Å². The monoisotopic (exact) mass is 283 g/mol. The molecular weight excluding hydrogens is 262 g/mol. The molecule has 1 amide bonds. The fraction of sp³-hybridized carbons (Fsp3) is 0.294. The molecule has 0 aliphatic rings. The van der Waals surface area contributed by atoms with E-state index in [9.17, 15) is 4.79 Å². The topological polar surface area (TPSA) is 59.2 Å². The van der Waals surface area contributed by atoms with Gasteiger partial charge in [-0.05, 0) is 36.6 Å². The lowest BCUT2D eigenvalue weighted by Gasteiger charge is -2.21. The van der Waals surface area contributed by atoms with Crippen molar-refractivity contribution in [3.63, 3.8) is 0 Å². The Morgan fingerprint density at radius 3 is 2.43 bits per heavy atom. The Labute approximate surface area is 125 Å². The molecule has 0 aliphatic carbocycles. The van der Waals surface area contributed by atoms with Gasteiger partial charge in [-0.25, -0.2) is 0 Å². The summed E-state index contributed by atoms with van der Waals surface area (Å²) in [5.41, 5.74) is 9.22. The molecule has 0 aliphatic heterocycles. The van der Waals surface area contributed by atoms with Gasteiger partial charge >= 0.3 is 0 Å². The number of hydrogen-bond acceptors (Lipinski definition) is 3. The second kappa shape index (κ2) is 6.99. The average molecular weight is 283 g/mol. The van der Waals surface area contributed by atoms with Crippen LogP contribution >= 0.6 is 0 Å². The normalized spacial score (nSPS) is 12.0. The molecule has 1 atom stereocenters. The first-order chi connectivity index (χ1) is 10.1. The molecule has 0 saturated heterocycles. The van der Waals surface area contributed by atoms with Crippen molar-refractivity contribution in [2.24, 2.45) is 5.73 Å². The number of aromatic nitrogens is 1. The summed E-state index contributed by atoms with van der Waals surface area (Å²) in [5.74, 6) is -0.0621. The number of nitrogens with two attached hydrogens (primary N) is 1. The molecule has 21 heavy (non-hydrogen) atoms. The van der Waals surface area contributed by atoms with Crippen LogP contribution in [0.4, 0.5) is 0 Å². The van der Waals surface area contributed by atoms with Gasteiger partial charge in [0.25, 0.3) is 0 Å². The Morgan fingerprint density at radius 2 is 1.81 bits per heavy atom. The van der Waals surface area contributed by atoms with Crippen LogP contribution in [0.1, 0.15) is 22.7 Å². The van der Waals surface area contributed by atoms with Crippen LogP contribution < -0.4 is 5.73 Å². The van der Waals surface area contributed by atoms with Crippen LogP contribution in [0.15, 0.2) is 48.8 Å². The first kappa shape index (κ1) is 15.2. The molecule has 0 saturated carbocycles. The highest BCUT2D eigenvalue weighted by Crippen LogP contribution is 2.14. The van der Waals surface area contributed by atoms with Crippen molar-refractivity contribution < 1.29 is 4.79 Å². The quantitative estimate of drug-likeness (QED) is 0.914. The van der Waals surface area contributed by atoms with E-state index in [0.717, 1.165) is 23.1 Å². The molecule has 1 heterocycles. The molecule has 2 rings (SSSR count). The fourth-order valence-corrected chi connectivity index (χ4v) is 2.11. The molecule has 2 N–H and O–H groups in total. The lowest BCUT2D eigenvalue weighted by molar-refractivity contribution is -0.131. The van der Waals surface area contributed by atoms with Crippen LogP contribution in [0.2, 0.25) is 0 Å². The Bertz CT molecular complexity index is 581. The minimum atomic E-state index is -0.604. The highest BCUT2D eigenvalue weighted by atomic mass is 16.2. The van der Waals surface area contributed by atoms with E-state index >= 15 is 0 Å². The van der Waals surface area contributed by atoms with Crippen LogP contribution in [0.5, 0.6) is 0 Å². The molecule has 1 aromatic heterocycles. The van der Waals surface area contributed by atoms with Gasteiger partial charge < -0.3 is 10.6 Å². The molecule has 4 heteroatoms. The first-order valence-electron chi connectivity index (χ1n) is 7.04. The lowest BCUT2D eigenvalue weighted by Crippen LogP contribution is -2.37. The molecule has 110 valence electrons. The predicted octanol–water partition coefficient (Wildman–Crippen LogP) is 2.09. The minimum Gasteiger partial charge on any atom is -0.344 e. The number of rotatable bonds is 5. The maximum Gasteiger partial charge on any atom is 0.243 e. The molecule has 0 radical (unpaired) electrons. The van der Waals surface area contributed by atoms with E-state index in [0.29, 0.717) is 6.54 Å². The average Bonchev–Trinajstić information content (AvgIpc) is 2.53. The molecule has 0 fully saturated rings. The molecule has 0 spiro atoms. The summed E-state index contributed by atoms with van der Waals surface area (Å²) >= 11 is 0. The van der Waals surface area contributed by atoms with Crippen molar-refractivity contribution in [2.75, 3.05) is 13.6 Å². The van der Waals surface area contributed by atoms with E-state index in [4.69, 9.17) is 5.73 Å². The third kappa shape index (κ3) is 4.13. The number of aryl methyl sites for hydroxylation is 1. The third-order valence-electron chi connectivity index (χ3n) is 3.56. The van der Waals surface area contributed by atoms with Gasteiger partial charge in [0.2, 0.25) is 5.91 Å². The summed E-state index contributed by atoms with van der Waals surface area (Å²) in [6.45, 7) is 2.65. The molecule has 1 unspecified atom stereocenters. The number of hydrogen-bond donors (Lipinski definition) is 1. The van der Waals surface area contributed by atoms with Crippen molar-refractivity contribution in [3.05, 3.63) is 65.5 Å². The maximum atomic E-state index is 12.3. The van der Waals surface area contributed by atoms with Crippen LogP contribution in [-0.2, 0) is 11.2 Å². The second-order valence-electron chi connectivity index (χ2n) is 5.25. The third-order valence-corrected chi connectivity index (χ3v) is 3.56. The Morgan fingerprint density at radius 1 is 1.19 bits per heavy atom. The first-order valence-corrected chi connectivity index (χ1v) is 7.04. The number of likely N-dealkylation sites (N-methyl/N-ethyl adjacent to an activating group) is 1. The van der Waals surface area contributed by atoms with Crippen molar-refractivity contribution in [1.82, 2.24) is 9.88 Å². The number of pyridine rings is 1. The summed E-state index contributed by atoms with van der Waals surface area (Å²) < 4.78 is 0. The second-order valence-corrected chi connectivity index (χ2v) is 5.25. The number of benzene rings is 1. The zero-order valence-electron chi connectivity index (χ0n) is 12.5. The van der Waals surface area contributed by atoms with E-state index in [1.54, 1.807) is 24.3 Å². The zero-order valence-corrected chi connectivity index (χ0v) is 12.5. The van der Waals surface area contributed by atoms with Gasteiger partial charge in [-0.2, -0.15) is 0 Å². The maximum absolute atomic E-state index is 12.3. The highest BCUT2D eigenvalue weighted by Gasteiger charge is 2.19. The van der Waals surface area contributed by atoms with Gasteiger partial charge in [0.05, 0.1) is 0 Å².